The van der Waals surface area contributed by atoms with Gasteiger partial charge in [-0.3, -0.25) is 0 Å². The van der Waals surface area contributed by atoms with Gasteiger partial charge in [-0.15, -0.1) is 0 Å². The topological polar surface area (TPSA) is 52.0 Å². The van der Waals surface area contributed by atoms with Crippen LogP contribution in [0.1, 0.15) is 59.3 Å². The van der Waals surface area contributed by atoms with E-state index in [1.165, 1.54) is 19.3 Å². The molecule has 0 heterocycles. The second-order valence-corrected chi connectivity index (χ2v) is 6.16. The number of rotatable bonds is 4. The van der Waals surface area contributed by atoms with Crippen LogP contribution in [-0.4, -0.2) is 11.6 Å². The van der Waals surface area contributed by atoms with Crippen molar-refractivity contribution in [3.05, 3.63) is 0 Å². The average Bonchev–Trinajstić information content (AvgIpc) is 1.99. The molecule has 4 N–H and O–H groups in total. The van der Waals surface area contributed by atoms with Crippen LogP contribution in [0.5, 0.6) is 0 Å². The van der Waals surface area contributed by atoms with Gasteiger partial charge >= 0.3 is 0 Å². The summed E-state index contributed by atoms with van der Waals surface area (Å²) in [6, 6.07) is 0.343. The summed E-state index contributed by atoms with van der Waals surface area (Å²) in [5.41, 5.74) is 12.5. The first-order valence-corrected chi connectivity index (χ1v) is 6.46. The highest BCUT2D eigenvalue weighted by molar-refractivity contribution is 4.93. The fourth-order valence-electron chi connectivity index (χ4n) is 3.21. The number of hydrogen-bond acceptors (Lipinski definition) is 2. The Labute approximate surface area is 94.8 Å². The van der Waals surface area contributed by atoms with E-state index < -0.39 is 0 Å². The molecular weight excluding hydrogens is 184 g/mol. The minimum Gasteiger partial charge on any atom is -0.328 e. The van der Waals surface area contributed by atoms with Crippen molar-refractivity contribution in [2.75, 3.05) is 0 Å². The zero-order chi connectivity index (χ0) is 11.5. The third-order valence-electron chi connectivity index (χ3n) is 3.55. The van der Waals surface area contributed by atoms with Gasteiger partial charge in [0.05, 0.1) is 0 Å². The van der Waals surface area contributed by atoms with Crippen LogP contribution in [0, 0.1) is 11.8 Å². The molecule has 1 aliphatic carbocycles. The van der Waals surface area contributed by atoms with Crippen molar-refractivity contribution in [1.82, 2.24) is 0 Å². The van der Waals surface area contributed by atoms with Crippen molar-refractivity contribution in [1.29, 1.82) is 0 Å². The van der Waals surface area contributed by atoms with E-state index in [0.29, 0.717) is 6.04 Å². The lowest BCUT2D eigenvalue weighted by Gasteiger charge is -2.38. The molecule has 2 nitrogen and oxygen atoms in total. The molecule has 0 aromatic heterocycles. The van der Waals surface area contributed by atoms with Gasteiger partial charge < -0.3 is 11.5 Å². The van der Waals surface area contributed by atoms with Crippen molar-refractivity contribution in [3.8, 4) is 0 Å². The smallest absolute Gasteiger partial charge is 0.0171 e. The molecule has 0 radical (unpaired) electrons. The average molecular weight is 212 g/mol. The first-order valence-electron chi connectivity index (χ1n) is 6.46. The molecule has 3 atom stereocenters. The van der Waals surface area contributed by atoms with Gasteiger partial charge in [0.1, 0.15) is 0 Å². The minimum atomic E-state index is 0.0337. The monoisotopic (exact) mass is 212 g/mol. The van der Waals surface area contributed by atoms with Crippen LogP contribution < -0.4 is 11.5 Å². The van der Waals surface area contributed by atoms with Gasteiger partial charge in [0.2, 0.25) is 0 Å². The zero-order valence-electron chi connectivity index (χ0n) is 10.6. The summed E-state index contributed by atoms with van der Waals surface area (Å²) in [4.78, 5) is 0. The summed E-state index contributed by atoms with van der Waals surface area (Å²) in [5, 5.41) is 0. The predicted octanol–water partition coefficient (Wildman–Crippen LogP) is 2.66. The fourth-order valence-corrected chi connectivity index (χ4v) is 3.21. The molecule has 0 spiro atoms. The van der Waals surface area contributed by atoms with Gasteiger partial charge in [-0.1, -0.05) is 27.2 Å². The van der Waals surface area contributed by atoms with Gasteiger partial charge in [-0.25, -0.2) is 0 Å². The minimum absolute atomic E-state index is 0.0337. The highest BCUT2D eigenvalue weighted by atomic mass is 14.8. The number of hydrogen-bond donors (Lipinski definition) is 2. The van der Waals surface area contributed by atoms with Crippen molar-refractivity contribution in [2.45, 2.75) is 70.9 Å². The quantitative estimate of drug-likeness (QED) is 0.752. The maximum absolute atomic E-state index is 6.45. The zero-order valence-corrected chi connectivity index (χ0v) is 10.6. The Morgan fingerprint density at radius 3 is 2.53 bits per heavy atom. The highest BCUT2D eigenvalue weighted by Crippen LogP contribution is 2.32. The van der Waals surface area contributed by atoms with Crippen LogP contribution in [0.4, 0.5) is 0 Å². The Morgan fingerprint density at radius 2 is 2.00 bits per heavy atom. The van der Waals surface area contributed by atoms with Gasteiger partial charge in [0, 0.05) is 11.6 Å². The summed E-state index contributed by atoms with van der Waals surface area (Å²) >= 11 is 0. The Hall–Kier alpha value is -0.0800. The molecule has 2 heteroatoms. The Kier molecular flexibility index (Phi) is 4.60. The Morgan fingerprint density at radius 1 is 1.33 bits per heavy atom. The molecular formula is C13H28N2. The standard InChI is InChI=1S/C13H28N2/c1-10(2)7-11(3)8-13(15)6-4-5-12(14)9-13/h10-12H,4-9,14-15H2,1-3H3. The molecule has 0 bridgehead atoms. The molecule has 0 saturated heterocycles. The normalized spacial score (nSPS) is 34.4. The van der Waals surface area contributed by atoms with Gasteiger partial charge in [-0.05, 0) is 43.9 Å². The molecule has 1 rings (SSSR count). The summed E-state index contributed by atoms with van der Waals surface area (Å²) in [7, 11) is 0. The lowest BCUT2D eigenvalue weighted by molar-refractivity contribution is 0.213. The van der Waals surface area contributed by atoms with E-state index in [4.69, 9.17) is 11.5 Å². The first-order chi connectivity index (χ1) is 6.91. The summed E-state index contributed by atoms with van der Waals surface area (Å²) in [5.74, 6) is 1.51. The molecule has 0 aromatic carbocycles. The van der Waals surface area contributed by atoms with Crippen LogP contribution in [0.2, 0.25) is 0 Å². The van der Waals surface area contributed by atoms with Gasteiger partial charge in [0.15, 0.2) is 0 Å². The summed E-state index contributed by atoms with van der Waals surface area (Å²) in [6.07, 6.45) is 7.01. The van der Waals surface area contributed by atoms with E-state index in [2.05, 4.69) is 20.8 Å². The lowest BCUT2D eigenvalue weighted by atomic mass is 9.74. The maximum atomic E-state index is 6.45. The summed E-state index contributed by atoms with van der Waals surface area (Å²) in [6.45, 7) is 6.90. The van der Waals surface area contributed by atoms with Crippen LogP contribution in [0.15, 0.2) is 0 Å². The van der Waals surface area contributed by atoms with E-state index >= 15 is 0 Å². The van der Waals surface area contributed by atoms with E-state index in [1.807, 2.05) is 0 Å². The molecule has 15 heavy (non-hydrogen) atoms. The molecule has 0 aliphatic heterocycles. The van der Waals surface area contributed by atoms with Crippen LogP contribution >= 0.6 is 0 Å². The van der Waals surface area contributed by atoms with E-state index in [1.54, 1.807) is 0 Å². The largest absolute Gasteiger partial charge is 0.328 e. The highest BCUT2D eigenvalue weighted by Gasteiger charge is 2.32. The molecule has 1 aliphatic rings. The van der Waals surface area contributed by atoms with Crippen LogP contribution in [-0.2, 0) is 0 Å². The molecule has 3 unspecified atom stereocenters. The van der Waals surface area contributed by atoms with Gasteiger partial charge in [-0.2, -0.15) is 0 Å². The summed E-state index contributed by atoms with van der Waals surface area (Å²) < 4.78 is 0. The van der Waals surface area contributed by atoms with Crippen LogP contribution in [0.3, 0.4) is 0 Å². The van der Waals surface area contributed by atoms with E-state index in [9.17, 15) is 0 Å². The van der Waals surface area contributed by atoms with E-state index in [0.717, 1.165) is 31.1 Å². The first kappa shape index (κ1) is 13.0. The van der Waals surface area contributed by atoms with Gasteiger partial charge in [0.25, 0.3) is 0 Å². The number of nitrogens with two attached hydrogens (primary N) is 2. The van der Waals surface area contributed by atoms with Crippen molar-refractivity contribution in [2.24, 2.45) is 23.3 Å². The Bertz CT molecular complexity index is 191. The lowest BCUT2D eigenvalue weighted by Crippen LogP contribution is -2.49. The molecule has 0 amide bonds. The fraction of sp³-hybridized carbons (Fsp3) is 1.00. The SMILES string of the molecule is CC(C)CC(C)CC1(N)CCCC(N)C1. The third kappa shape index (κ3) is 4.52. The second kappa shape index (κ2) is 5.31. The maximum Gasteiger partial charge on any atom is 0.0171 e. The third-order valence-corrected chi connectivity index (χ3v) is 3.55. The van der Waals surface area contributed by atoms with Crippen LogP contribution in [0.25, 0.3) is 0 Å². The van der Waals surface area contributed by atoms with Crippen molar-refractivity contribution < 1.29 is 0 Å². The molecule has 90 valence electrons. The molecule has 0 aromatic rings. The molecule has 1 fully saturated rings. The second-order valence-electron chi connectivity index (χ2n) is 6.16. The van der Waals surface area contributed by atoms with Crippen molar-refractivity contribution >= 4 is 0 Å². The van der Waals surface area contributed by atoms with E-state index in [-0.39, 0.29) is 5.54 Å². The molecule has 1 saturated carbocycles. The Balaban J connectivity index is 2.40. The predicted molar refractivity (Wildman–Crippen MR) is 66.6 cm³/mol. The van der Waals surface area contributed by atoms with Crippen molar-refractivity contribution in [3.63, 3.8) is 0 Å².